The summed E-state index contributed by atoms with van der Waals surface area (Å²) in [5.41, 5.74) is 0.570. The van der Waals surface area contributed by atoms with Crippen molar-refractivity contribution in [3.8, 4) is 11.5 Å². The Bertz CT molecular complexity index is 1200. The Kier molecular flexibility index (Phi) is 4.91. The third-order valence-corrected chi connectivity index (χ3v) is 5.06. The molecule has 2 heterocycles. The van der Waals surface area contributed by atoms with Crippen LogP contribution in [0.1, 0.15) is 10.4 Å². The number of fused-ring (bicyclic) bond motifs is 1. The first-order chi connectivity index (χ1) is 13.1. The smallest absolute Gasteiger partial charge is 0.347 e. The molecule has 0 bridgehead atoms. The number of carbonyl (C=O) groups excluding carboxylic acids is 1. The zero-order valence-electron chi connectivity index (χ0n) is 13.7. The fourth-order valence-corrected chi connectivity index (χ4v) is 3.51. The number of thioether (sulfide) groups is 1. The van der Waals surface area contributed by atoms with Crippen molar-refractivity contribution in [3.63, 3.8) is 0 Å². The number of aromatic nitrogens is 2. The van der Waals surface area contributed by atoms with Crippen LogP contribution < -0.4 is 5.63 Å². The van der Waals surface area contributed by atoms with Gasteiger partial charge in [0, 0.05) is 15.4 Å². The molecule has 0 fully saturated rings. The van der Waals surface area contributed by atoms with Crippen molar-refractivity contribution in [1.82, 2.24) is 10.2 Å². The van der Waals surface area contributed by atoms with Gasteiger partial charge in [0.05, 0.1) is 5.75 Å². The van der Waals surface area contributed by atoms with E-state index < -0.39 is 5.63 Å². The lowest BCUT2D eigenvalue weighted by atomic mass is 10.1. The normalized spacial score (nSPS) is 11.0. The first kappa shape index (κ1) is 17.7. The highest BCUT2D eigenvalue weighted by Gasteiger charge is 2.16. The SMILES string of the molecule is O=C(CSc1nnc(-c2cccc(Br)c2)o1)c1cc2ccccc2oc1=O. The van der Waals surface area contributed by atoms with Crippen LogP contribution >= 0.6 is 27.7 Å². The molecule has 0 unspecified atom stereocenters. The molecule has 4 rings (SSSR count). The highest BCUT2D eigenvalue weighted by molar-refractivity contribution is 9.10. The Morgan fingerprint density at radius 2 is 1.89 bits per heavy atom. The molecule has 2 aromatic heterocycles. The molecule has 4 aromatic rings. The molecule has 0 spiro atoms. The number of carbonyl (C=O) groups is 1. The van der Waals surface area contributed by atoms with Crippen molar-refractivity contribution in [2.24, 2.45) is 0 Å². The third-order valence-electron chi connectivity index (χ3n) is 3.75. The topological polar surface area (TPSA) is 86.2 Å². The lowest BCUT2D eigenvalue weighted by Gasteiger charge is -2.00. The second-order valence-corrected chi connectivity index (χ2v) is 7.42. The molecule has 0 saturated carbocycles. The predicted octanol–water partition coefficient (Wildman–Crippen LogP) is 4.58. The number of halogens is 1. The number of hydrogen-bond acceptors (Lipinski definition) is 7. The summed E-state index contributed by atoms with van der Waals surface area (Å²) in [6.45, 7) is 0. The Balaban J connectivity index is 1.50. The van der Waals surface area contributed by atoms with Gasteiger partial charge >= 0.3 is 5.63 Å². The molecular formula is C19H11BrN2O4S. The van der Waals surface area contributed by atoms with Gasteiger partial charge in [0.15, 0.2) is 5.78 Å². The molecule has 0 aliphatic rings. The van der Waals surface area contributed by atoms with Gasteiger partial charge in [0.1, 0.15) is 11.1 Å². The number of rotatable bonds is 5. The highest BCUT2D eigenvalue weighted by atomic mass is 79.9. The summed E-state index contributed by atoms with van der Waals surface area (Å²) in [6.07, 6.45) is 0. The number of nitrogens with zero attached hydrogens (tertiary/aromatic N) is 2. The largest absolute Gasteiger partial charge is 0.422 e. The van der Waals surface area contributed by atoms with Crippen LogP contribution in [0.4, 0.5) is 0 Å². The third kappa shape index (κ3) is 3.86. The average Bonchev–Trinajstić information content (AvgIpc) is 3.14. The second-order valence-electron chi connectivity index (χ2n) is 5.58. The number of para-hydroxylation sites is 1. The molecular weight excluding hydrogens is 432 g/mol. The average molecular weight is 443 g/mol. The van der Waals surface area contributed by atoms with Crippen molar-refractivity contribution in [2.45, 2.75) is 5.22 Å². The molecule has 0 saturated heterocycles. The van der Waals surface area contributed by atoms with E-state index >= 15 is 0 Å². The Hall–Kier alpha value is -2.71. The first-order valence-corrected chi connectivity index (χ1v) is 9.66. The van der Waals surface area contributed by atoms with Gasteiger partial charge in [-0.25, -0.2) is 4.79 Å². The quantitative estimate of drug-likeness (QED) is 0.254. The minimum Gasteiger partial charge on any atom is -0.422 e. The molecule has 2 aromatic carbocycles. The summed E-state index contributed by atoms with van der Waals surface area (Å²) in [4.78, 5) is 24.5. The summed E-state index contributed by atoms with van der Waals surface area (Å²) in [5, 5.41) is 8.87. The van der Waals surface area contributed by atoms with E-state index in [-0.39, 0.29) is 22.3 Å². The monoisotopic (exact) mass is 442 g/mol. The van der Waals surface area contributed by atoms with Crippen LogP contribution in [-0.4, -0.2) is 21.7 Å². The van der Waals surface area contributed by atoms with Crippen molar-refractivity contribution in [1.29, 1.82) is 0 Å². The molecule has 6 nitrogen and oxygen atoms in total. The van der Waals surface area contributed by atoms with E-state index in [0.717, 1.165) is 21.8 Å². The van der Waals surface area contributed by atoms with Gasteiger partial charge in [-0.3, -0.25) is 4.79 Å². The predicted molar refractivity (Wildman–Crippen MR) is 105 cm³/mol. The molecule has 0 radical (unpaired) electrons. The van der Waals surface area contributed by atoms with Gasteiger partial charge in [0.25, 0.3) is 5.22 Å². The summed E-state index contributed by atoms with van der Waals surface area (Å²) in [5.74, 6) is -0.0124. The van der Waals surface area contributed by atoms with E-state index in [4.69, 9.17) is 8.83 Å². The lowest BCUT2D eigenvalue weighted by Crippen LogP contribution is -2.15. The van der Waals surface area contributed by atoms with Gasteiger partial charge in [0.2, 0.25) is 5.89 Å². The summed E-state index contributed by atoms with van der Waals surface area (Å²) in [7, 11) is 0. The van der Waals surface area contributed by atoms with Gasteiger partial charge < -0.3 is 8.83 Å². The maximum Gasteiger partial charge on any atom is 0.347 e. The van der Waals surface area contributed by atoms with Crippen molar-refractivity contribution in [2.75, 3.05) is 5.75 Å². The molecule has 0 aliphatic heterocycles. The van der Waals surface area contributed by atoms with Crippen LogP contribution in [0.25, 0.3) is 22.4 Å². The Morgan fingerprint density at radius 1 is 1.04 bits per heavy atom. The second kappa shape index (κ2) is 7.50. The summed E-state index contributed by atoms with van der Waals surface area (Å²) < 4.78 is 11.7. The fourth-order valence-electron chi connectivity index (χ4n) is 2.47. The van der Waals surface area contributed by atoms with Crippen molar-refractivity contribution in [3.05, 3.63) is 75.1 Å². The van der Waals surface area contributed by atoms with Crippen molar-refractivity contribution < 1.29 is 13.6 Å². The van der Waals surface area contributed by atoms with Crippen LogP contribution in [0.15, 0.2) is 77.9 Å². The fraction of sp³-hybridized carbons (Fsp3) is 0.0526. The van der Waals surface area contributed by atoms with E-state index in [2.05, 4.69) is 26.1 Å². The number of Topliss-reactive ketones (excluding diaryl/α,β-unsaturated/α-hetero) is 1. The number of benzene rings is 2. The minimum atomic E-state index is -0.653. The van der Waals surface area contributed by atoms with Crippen LogP contribution in [0, 0.1) is 0 Å². The first-order valence-electron chi connectivity index (χ1n) is 7.88. The molecule has 0 aliphatic carbocycles. The van der Waals surface area contributed by atoms with Crippen molar-refractivity contribution >= 4 is 44.4 Å². The molecule has 0 N–H and O–H groups in total. The molecule has 8 heteroatoms. The molecule has 0 amide bonds. The van der Waals surface area contributed by atoms with Crippen LogP contribution in [0.5, 0.6) is 0 Å². The van der Waals surface area contributed by atoms with Gasteiger partial charge in [-0.1, -0.05) is 52.0 Å². The minimum absolute atomic E-state index is 0.00734. The van der Waals surface area contributed by atoms with Crippen LogP contribution in [0.3, 0.4) is 0 Å². The highest BCUT2D eigenvalue weighted by Crippen LogP contribution is 2.25. The van der Waals surface area contributed by atoms with Gasteiger partial charge in [-0.05, 0) is 30.3 Å². The van der Waals surface area contributed by atoms with Crippen LogP contribution in [-0.2, 0) is 0 Å². The Morgan fingerprint density at radius 3 is 2.74 bits per heavy atom. The molecule has 134 valence electrons. The summed E-state index contributed by atoms with van der Waals surface area (Å²) >= 11 is 4.46. The maximum absolute atomic E-state index is 12.4. The molecule has 27 heavy (non-hydrogen) atoms. The zero-order chi connectivity index (χ0) is 18.8. The maximum atomic E-state index is 12.4. The van der Waals surface area contributed by atoms with E-state index in [9.17, 15) is 9.59 Å². The zero-order valence-corrected chi connectivity index (χ0v) is 16.1. The summed E-state index contributed by atoms with van der Waals surface area (Å²) in [6, 6.07) is 16.0. The van der Waals surface area contributed by atoms with E-state index in [1.807, 2.05) is 30.3 Å². The van der Waals surface area contributed by atoms with Crippen LogP contribution in [0.2, 0.25) is 0 Å². The van der Waals surface area contributed by atoms with Gasteiger partial charge in [-0.2, -0.15) is 0 Å². The van der Waals surface area contributed by atoms with Gasteiger partial charge in [-0.15, -0.1) is 10.2 Å². The van der Waals surface area contributed by atoms with E-state index in [1.165, 1.54) is 0 Å². The number of hydrogen-bond donors (Lipinski definition) is 0. The lowest BCUT2D eigenvalue weighted by molar-refractivity contribution is 0.101. The molecule has 0 atom stereocenters. The standard InChI is InChI=1S/C19H11BrN2O4S/c20-13-6-3-5-12(8-13)17-21-22-19(26-17)27-10-15(23)14-9-11-4-1-2-7-16(11)25-18(14)24/h1-9H,10H2. The van der Waals surface area contributed by atoms with E-state index in [0.29, 0.717) is 16.9 Å². The number of ketones is 1. The Labute approximate surface area is 165 Å². The van der Waals surface area contributed by atoms with E-state index in [1.54, 1.807) is 24.3 Å².